The van der Waals surface area contributed by atoms with E-state index in [1.807, 2.05) is 22.2 Å². The molecule has 0 bridgehead atoms. The molecular formula is C13H10ClN3O2S. The van der Waals surface area contributed by atoms with Crippen LogP contribution in [0.25, 0.3) is 4.96 Å². The maximum atomic E-state index is 12.0. The van der Waals surface area contributed by atoms with Crippen molar-refractivity contribution in [2.45, 2.75) is 6.61 Å². The highest BCUT2D eigenvalue weighted by Crippen LogP contribution is 2.20. The third kappa shape index (κ3) is 2.48. The van der Waals surface area contributed by atoms with Crippen molar-refractivity contribution in [1.82, 2.24) is 9.38 Å². The van der Waals surface area contributed by atoms with Gasteiger partial charge in [-0.05, 0) is 18.2 Å². The fourth-order valence-electron chi connectivity index (χ4n) is 1.76. The Kier molecular flexibility index (Phi) is 3.33. The first-order chi connectivity index (χ1) is 9.63. The number of nitrogens with zero attached hydrogens (tertiary/aromatic N) is 2. The van der Waals surface area contributed by atoms with Gasteiger partial charge in [0.2, 0.25) is 0 Å². The van der Waals surface area contributed by atoms with Crippen molar-refractivity contribution in [3.8, 4) is 0 Å². The van der Waals surface area contributed by atoms with Gasteiger partial charge >= 0.3 is 5.97 Å². The van der Waals surface area contributed by atoms with Crippen LogP contribution in [0.15, 0.2) is 36.0 Å². The summed E-state index contributed by atoms with van der Waals surface area (Å²) in [5.41, 5.74) is 7.03. The number of aromatic nitrogens is 2. The minimum atomic E-state index is -0.515. The summed E-state index contributed by atoms with van der Waals surface area (Å²) in [6, 6.07) is 4.69. The van der Waals surface area contributed by atoms with Crippen molar-refractivity contribution < 1.29 is 9.53 Å². The number of hydrogen-bond donors (Lipinski definition) is 1. The van der Waals surface area contributed by atoms with Gasteiger partial charge in [-0.25, -0.2) is 9.78 Å². The van der Waals surface area contributed by atoms with Gasteiger partial charge in [-0.15, -0.1) is 11.3 Å². The molecule has 102 valence electrons. The van der Waals surface area contributed by atoms with E-state index in [0.717, 1.165) is 4.96 Å². The van der Waals surface area contributed by atoms with Gasteiger partial charge in [0, 0.05) is 23.5 Å². The van der Waals surface area contributed by atoms with E-state index in [0.29, 0.717) is 16.4 Å². The molecule has 0 saturated carbocycles. The van der Waals surface area contributed by atoms with Crippen LogP contribution in [-0.4, -0.2) is 15.4 Å². The molecule has 0 spiro atoms. The van der Waals surface area contributed by atoms with Gasteiger partial charge in [0.25, 0.3) is 0 Å². The molecular weight excluding hydrogens is 298 g/mol. The first-order valence-electron chi connectivity index (χ1n) is 5.77. The predicted molar refractivity (Wildman–Crippen MR) is 78.1 cm³/mol. The molecule has 1 aromatic carbocycles. The number of rotatable bonds is 3. The number of fused-ring (bicyclic) bond motifs is 1. The molecule has 0 amide bonds. The summed E-state index contributed by atoms with van der Waals surface area (Å²) in [6.07, 6.45) is 3.72. The fraction of sp³-hybridized carbons (Fsp3) is 0.0769. The van der Waals surface area contributed by atoms with Crippen LogP contribution < -0.4 is 5.73 Å². The molecule has 0 fully saturated rings. The lowest BCUT2D eigenvalue weighted by atomic mass is 10.2. The van der Waals surface area contributed by atoms with Crippen molar-refractivity contribution in [2.24, 2.45) is 0 Å². The second kappa shape index (κ2) is 5.15. The molecule has 2 aromatic heterocycles. The molecule has 0 aliphatic carbocycles. The molecule has 0 unspecified atom stereocenters. The average molecular weight is 308 g/mol. The number of hydrogen-bond acceptors (Lipinski definition) is 5. The summed E-state index contributed by atoms with van der Waals surface area (Å²) in [6.45, 7) is 0.0956. The Morgan fingerprint density at radius 3 is 3.15 bits per heavy atom. The lowest BCUT2D eigenvalue weighted by Gasteiger charge is -2.05. The molecule has 7 heteroatoms. The van der Waals surface area contributed by atoms with E-state index >= 15 is 0 Å². The van der Waals surface area contributed by atoms with Gasteiger partial charge < -0.3 is 10.5 Å². The van der Waals surface area contributed by atoms with Crippen LogP contribution in [0.3, 0.4) is 0 Å². The summed E-state index contributed by atoms with van der Waals surface area (Å²) in [5, 5.41) is 2.25. The maximum absolute atomic E-state index is 12.0. The SMILES string of the molecule is Nc1ccc(Cl)c(C(=O)OCc2cn3ccsc3n2)c1. The summed E-state index contributed by atoms with van der Waals surface area (Å²) in [7, 11) is 0. The number of ether oxygens (including phenoxy) is 1. The number of carbonyl (C=O) groups is 1. The van der Waals surface area contributed by atoms with E-state index in [-0.39, 0.29) is 12.2 Å². The number of imidazole rings is 1. The topological polar surface area (TPSA) is 69.6 Å². The highest BCUT2D eigenvalue weighted by atomic mass is 35.5. The minimum absolute atomic E-state index is 0.0956. The Balaban J connectivity index is 1.73. The summed E-state index contributed by atoms with van der Waals surface area (Å²) < 4.78 is 7.08. The summed E-state index contributed by atoms with van der Waals surface area (Å²) in [5.74, 6) is -0.515. The van der Waals surface area contributed by atoms with E-state index in [9.17, 15) is 4.79 Å². The smallest absolute Gasteiger partial charge is 0.340 e. The molecule has 20 heavy (non-hydrogen) atoms. The molecule has 2 heterocycles. The van der Waals surface area contributed by atoms with Gasteiger partial charge in [-0.2, -0.15) is 0 Å². The number of anilines is 1. The Morgan fingerprint density at radius 2 is 2.35 bits per heavy atom. The van der Waals surface area contributed by atoms with Crippen LogP contribution in [0.2, 0.25) is 5.02 Å². The number of esters is 1. The first-order valence-corrected chi connectivity index (χ1v) is 7.02. The van der Waals surface area contributed by atoms with Gasteiger partial charge in [-0.1, -0.05) is 11.6 Å². The second-order valence-electron chi connectivity index (χ2n) is 4.14. The van der Waals surface area contributed by atoms with Gasteiger partial charge in [-0.3, -0.25) is 4.40 Å². The normalized spacial score (nSPS) is 10.8. The van der Waals surface area contributed by atoms with E-state index in [4.69, 9.17) is 22.1 Å². The zero-order valence-corrected chi connectivity index (χ0v) is 11.8. The van der Waals surface area contributed by atoms with Crippen LogP contribution in [0.1, 0.15) is 16.1 Å². The molecule has 2 N–H and O–H groups in total. The Labute approximate surface area is 123 Å². The number of thiazole rings is 1. The minimum Gasteiger partial charge on any atom is -0.455 e. The molecule has 3 rings (SSSR count). The zero-order chi connectivity index (χ0) is 14.1. The van der Waals surface area contributed by atoms with E-state index in [1.54, 1.807) is 12.1 Å². The number of benzene rings is 1. The summed E-state index contributed by atoms with van der Waals surface area (Å²) in [4.78, 5) is 17.1. The van der Waals surface area contributed by atoms with Gasteiger partial charge in [0.05, 0.1) is 16.3 Å². The molecule has 5 nitrogen and oxygen atoms in total. The number of nitrogen functional groups attached to an aromatic ring is 1. The van der Waals surface area contributed by atoms with E-state index in [1.165, 1.54) is 17.4 Å². The molecule has 0 saturated heterocycles. The third-order valence-corrected chi connectivity index (χ3v) is 3.80. The Morgan fingerprint density at radius 1 is 1.50 bits per heavy atom. The lowest BCUT2D eigenvalue weighted by Crippen LogP contribution is -2.06. The van der Waals surface area contributed by atoms with Gasteiger partial charge in [0.1, 0.15) is 6.61 Å². The summed E-state index contributed by atoms with van der Waals surface area (Å²) >= 11 is 7.46. The lowest BCUT2D eigenvalue weighted by molar-refractivity contribution is 0.0468. The zero-order valence-electron chi connectivity index (χ0n) is 10.2. The van der Waals surface area contributed by atoms with Gasteiger partial charge in [0.15, 0.2) is 4.96 Å². The Bertz CT molecular complexity index is 752. The third-order valence-electron chi connectivity index (χ3n) is 2.70. The molecule has 0 aliphatic heterocycles. The molecule has 0 radical (unpaired) electrons. The highest BCUT2D eigenvalue weighted by Gasteiger charge is 2.13. The average Bonchev–Trinajstić information content (AvgIpc) is 2.99. The quantitative estimate of drug-likeness (QED) is 0.596. The van der Waals surface area contributed by atoms with Crippen LogP contribution in [-0.2, 0) is 11.3 Å². The van der Waals surface area contributed by atoms with Crippen LogP contribution >= 0.6 is 22.9 Å². The standard InChI is InChI=1S/C13H10ClN3O2S/c14-11-2-1-8(15)5-10(11)12(18)19-7-9-6-17-3-4-20-13(17)16-9/h1-6H,7,15H2. The number of halogens is 1. The van der Waals surface area contributed by atoms with Crippen molar-refractivity contribution in [2.75, 3.05) is 5.73 Å². The molecule has 3 aromatic rings. The van der Waals surface area contributed by atoms with E-state index in [2.05, 4.69) is 4.98 Å². The van der Waals surface area contributed by atoms with Crippen LogP contribution in [0.4, 0.5) is 5.69 Å². The maximum Gasteiger partial charge on any atom is 0.340 e. The van der Waals surface area contributed by atoms with Crippen molar-refractivity contribution in [1.29, 1.82) is 0 Å². The first kappa shape index (κ1) is 13.0. The number of nitrogens with two attached hydrogens (primary N) is 1. The predicted octanol–water partition coefficient (Wildman–Crippen LogP) is 2.99. The van der Waals surface area contributed by atoms with Crippen molar-refractivity contribution in [3.63, 3.8) is 0 Å². The molecule has 0 atom stereocenters. The fourth-order valence-corrected chi connectivity index (χ4v) is 2.68. The monoisotopic (exact) mass is 307 g/mol. The highest BCUT2D eigenvalue weighted by molar-refractivity contribution is 7.15. The van der Waals surface area contributed by atoms with Crippen LogP contribution in [0, 0.1) is 0 Å². The largest absolute Gasteiger partial charge is 0.455 e. The van der Waals surface area contributed by atoms with Crippen molar-refractivity contribution >= 4 is 39.6 Å². The molecule has 0 aliphatic rings. The second-order valence-corrected chi connectivity index (χ2v) is 5.42. The van der Waals surface area contributed by atoms with Crippen LogP contribution in [0.5, 0.6) is 0 Å². The number of carbonyl (C=O) groups excluding carboxylic acids is 1. The van der Waals surface area contributed by atoms with Crippen molar-refractivity contribution in [3.05, 3.63) is 52.3 Å². The Hall–Kier alpha value is -2.05. The van der Waals surface area contributed by atoms with E-state index < -0.39 is 5.97 Å².